The summed E-state index contributed by atoms with van der Waals surface area (Å²) in [6.45, 7) is 3.17. The smallest absolute Gasteiger partial charge is 0.490 e. The Morgan fingerprint density at radius 1 is 0.846 bits per heavy atom. The Hall–Kier alpha value is -4.30. The summed E-state index contributed by atoms with van der Waals surface area (Å²) in [7, 11) is 0. The topological polar surface area (TPSA) is 172 Å². The van der Waals surface area contributed by atoms with Gasteiger partial charge in [-0.15, -0.1) is 0 Å². The first-order valence-corrected chi connectivity index (χ1v) is 16.7. The van der Waals surface area contributed by atoms with E-state index in [1.807, 2.05) is 6.07 Å². The second kappa shape index (κ2) is 20.7. The van der Waals surface area contributed by atoms with E-state index in [4.69, 9.17) is 19.8 Å². The lowest BCUT2D eigenvalue weighted by molar-refractivity contribution is -0.193. The lowest BCUT2D eigenvalue weighted by atomic mass is 9.95. The van der Waals surface area contributed by atoms with Crippen LogP contribution < -0.4 is 15.5 Å². The van der Waals surface area contributed by atoms with Gasteiger partial charge in [0.15, 0.2) is 0 Å². The highest BCUT2D eigenvalue weighted by atomic mass is 32.1. The number of alkyl halides is 6. The molecule has 2 aromatic carbocycles. The van der Waals surface area contributed by atoms with Gasteiger partial charge in [-0.25, -0.2) is 18.4 Å². The number of nitrogens with zero attached hydrogens (tertiary/aromatic N) is 1. The number of hydrogen-bond acceptors (Lipinski definition) is 8. The summed E-state index contributed by atoms with van der Waals surface area (Å²) in [5, 5.41) is 30.8. The SMILES string of the molecule is O=C(CCN(CCNCCc1ccc(O)c2[nH]c(=O)sc12)CCc1cc(F)cc(F)c1)NC1CCCCC1.O=C(O)C(F)(F)F.O=C(O)C(F)(F)F. The molecule has 290 valence electrons. The molecule has 20 heteroatoms. The number of fused-ring (bicyclic) bond motifs is 1. The van der Waals surface area contributed by atoms with E-state index < -0.39 is 35.9 Å². The van der Waals surface area contributed by atoms with E-state index in [0.29, 0.717) is 63.1 Å². The Morgan fingerprint density at radius 3 is 1.98 bits per heavy atom. The third kappa shape index (κ3) is 16.4. The van der Waals surface area contributed by atoms with Gasteiger partial charge in [0.1, 0.15) is 22.9 Å². The Labute approximate surface area is 295 Å². The average molecular weight is 775 g/mol. The molecule has 0 saturated heterocycles. The number of carboxylic acid groups (broad SMARTS) is 2. The number of carboxylic acids is 2. The Balaban J connectivity index is 0.000000564. The van der Waals surface area contributed by atoms with Crippen molar-refractivity contribution in [2.45, 2.75) is 69.8 Å². The number of aliphatic carboxylic acids is 2. The molecule has 1 amide bonds. The number of aromatic nitrogens is 1. The highest BCUT2D eigenvalue weighted by Gasteiger charge is 2.38. The molecule has 11 nitrogen and oxygen atoms in total. The first-order valence-electron chi connectivity index (χ1n) is 15.9. The molecule has 1 saturated carbocycles. The molecule has 4 rings (SSSR count). The normalized spacial score (nSPS) is 13.6. The van der Waals surface area contributed by atoms with Crippen molar-refractivity contribution in [2.24, 2.45) is 0 Å². The molecule has 0 atom stereocenters. The lowest BCUT2D eigenvalue weighted by Crippen LogP contribution is -2.40. The van der Waals surface area contributed by atoms with Crippen molar-refractivity contribution in [1.29, 1.82) is 0 Å². The number of rotatable bonds is 13. The minimum Gasteiger partial charge on any atom is -0.506 e. The van der Waals surface area contributed by atoms with Crippen molar-refractivity contribution in [2.75, 3.05) is 32.7 Å². The minimum atomic E-state index is -5.08. The van der Waals surface area contributed by atoms with Crippen molar-refractivity contribution in [1.82, 2.24) is 20.5 Å². The summed E-state index contributed by atoms with van der Waals surface area (Å²) in [5.41, 5.74) is 2.05. The molecule has 0 bridgehead atoms. The fraction of sp³-hybridized carbons (Fsp3) is 0.500. The number of carbonyl (C=O) groups is 3. The van der Waals surface area contributed by atoms with E-state index in [1.54, 1.807) is 6.07 Å². The number of nitrogens with one attached hydrogen (secondary N) is 3. The van der Waals surface area contributed by atoms with Crippen LogP contribution in [-0.4, -0.2) is 94.2 Å². The summed E-state index contributed by atoms with van der Waals surface area (Å²) < 4.78 is 91.5. The number of amides is 1. The molecule has 1 heterocycles. The van der Waals surface area contributed by atoms with Gasteiger partial charge in [0.2, 0.25) is 5.91 Å². The number of phenols is 1. The maximum atomic E-state index is 13.6. The Morgan fingerprint density at radius 2 is 1.42 bits per heavy atom. The van der Waals surface area contributed by atoms with Crippen LogP contribution in [0.4, 0.5) is 35.1 Å². The average Bonchev–Trinajstić information content (AvgIpc) is 3.45. The van der Waals surface area contributed by atoms with Crippen molar-refractivity contribution >= 4 is 39.4 Å². The second-order valence-electron chi connectivity index (χ2n) is 11.6. The molecule has 0 radical (unpaired) electrons. The highest BCUT2D eigenvalue weighted by Crippen LogP contribution is 2.28. The van der Waals surface area contributed by atoms with E-state index in [1.165, 1.54) is 18.6 Å². The van der Waals surface area contributed by atoms with E-state index in [2.05, 4.69) is 20.5 Å². The molecule has 1 aromatic heterocycles. The van der Waals surface area contributed by atoms with Crippen LogP contribution in [0.15, 0.2) is 35.1 Å². The summed E-state index contributed by atoms with van der Waals surface area (Å²) in [6, 6.07) is 7.26. The summed E-state index contributed by atoms with van der Waals surface area (Å²) >= 11 is 1.09. The van der Waals surface area contributed by atoms with Crippen LogP contribution in [-0.2, 0) is 27.2 Å². The van der Waals surface area contributed by atoms with Crippen LogP contribution in [0.2, 0.25) is 0 Å². The predicted molar refractivity (Wildman–Crippen MR) is 174 cm³/mol. The van der Waals surface area contributed by atoms with Gasteiger partial charge in [-0.3, -0.25) is 9.59 Å². The van der Waals surface area contributed by atoms with Gasteiger partial charge >= 0.3 is 29.2 Å². The molecule has 1 aliphatic rings. The van der Waals surface area contributed by atoms with E-state index in [9.17, 15) is 49.8 Å². The van der Waals surface area contributed by atoms with Crippen LogP contribution in [0.25, 0.3) is 10.2 Å². The molecular formula is C32H38F8N4O7S. The van der Waals surface area contributed by atoms with Gasteiger partial charge in [0.25, 0.3) is 0 Å². The molecule has 6 N–H and O–H groups in total. The molecule has 0 unspecified atom stereocenters. The molecule has 1 aliphatic carbocycles. The fourth-order valence-corrected chi connectivity index (χ4v) is 5.94. The van der Waals surface area contributed by atoms with Gasteiger partial charge in [0, 0.05) is 44.7 Å². The van der Waals surface area contributed by atoms with Crippen molar-refractivity contribution in [3.63, 3.8) is 0 Å². The Kier molecular flexibility index (Phi) is 17.4. The molecular weight excluding hydrogens is 736 g/mol. The number of H-pyrrole nitrogens is 1. The highest BCUT2D eigenvalue weighted by molar-refractivity contribution is 7.16. The van der Waals surface area contributed by atoms with Crippen LogP contribution in [0.1, 0.15) is 49.7 Å². The minimum absolute atomic E-state index is 0.0495. The molecule has 1 fully saturated rings. The number of phenolic OH excluding ortho intramolecular Hbond substituents is 1. The zero-order valence-corrected chi connectivity index (χ0v) is 28.3. The molecule has 52 heavy (non-hydrogen) atoms. The summed E-state index contributed by atoms with van der Waals surface area (Å²) in [6.07, 6.45) is -2.98. The van der Waals surface area contributed by atoms with Gasteiger partial charge in [-0.1, -0.05) is 36.7 Å². The van der Waals surface area contributed by atoms with Gasteiger partial charge in [-0.05, 0) is 61.6 Å². The lowest BCUT2D eigenvalue weighted by Gasteiger charge is -2.25. The zero-order valence-electron chi connectivity index (χ0n) is 27.5. The fourth-order valence-electron chi connectivity index (χ4n) is 5.04. The number of halogens is 8. The predicted octanol–water partition coefficient (Wildman–Crippen LogP) is 5.36. The van der Waals surface area contributed by atoms with E-state index >= 15 is 0 Å². The first kappa shape index (κ1) is 43.9. The maximum Gasteiger partial charge on any atom is 0.490 e. The molecule has 3 aromatic rings. The number of benzene rings is 2. The zero-order chi connectivity index (χ0) is 39.1. The number of carbonyl (C=O) groups excluding carboxylic acids is 1. The number of thiazole rings is 1. The van der Waals surface area contributed by atoms with Crippen LogP contribution in [0.5, 0.6) is 5.75 Å². The van der Waals surface area contributed by atoms with Gasteiger partial charge in [0.05, 0.1) is 4.70 Å². The van der Waals surface area contributed by atoms with E-state index in [0.717, 1.165) is 53.3 Å². The van der Waals surface area contributed by atoms with Crippen molar-refractivity contribution in [3.8, 4) is 5.75 Å². The monoisotopic (exact) mass is 774 g/mol. The van der Waals surface area contributed by atoms with Gasteiger partial charge < -0.3 is 35.8 Å². The third-order valence-corrected chi connectivity index (χ3v) is 8.52. The third-order valence-electron chi connectivity index (χ3n) is 7.56. The van der Waals surface area contributed by atoms with Crippen molar-refractivity contribution in [3.05, 3.63) is 62.8 Å². The number of aromatic amines is 1. The standard InChI is InChI=1S/C28H36F2N4O3S.2C2HF3O2/c29-21-16-19(17-22(30)18-21)9-13-34(14-10-25(36)32-23-4-2-1-3-5-23)15-12-31-11-8-20-6-7-24(35)26-27(20)38-28(37)33-26;2*3-2(4,5)1(6)7/h6-7,16-18,23,31,35H,1-5,8-15H2,(H,32,36)(H,33,37);2*(H,6,7). The largest absolute Gasteiger partial charge is 0.506 e. The van der Waals surface area contributed by atoms with E-state index in [-0.39, 0.29) is 22.6 Å². The molecule has 0 spiro atoms. The Bertz CT molecular complexity index is 1630. The van der Waals surface area contributed by atoms with Crippen LogP contribution in [0, 0.1) is 11.6 Å². The molecule has 0 aliphatic heterocycles. The second-order valence-corrected chi connectivity index (χ2v) is 12.6. The quantitative estimate of drug-likeness (QED) is 0.0989. The van der Waals surface area contributed by atoms with Crippen LogP contribution >= 0.6 is 11.3 Å². The summed E-state index contributed by atoms with van der Waals surface area (Å²) in [5.74, 6) is -6.57. The van der Waals surface area contributed by atoms with Crippen LogP contribution in [0.3, 0.4) is 0 Å². The number of hydrogen-bond donors (Lipinski definition) is 6. The summed E-state index contributed by atoms with van der Waals surface area (Å²) in [4.78, 5) is 46.7. The number of aromatic hydroxyl groups is 1. The van der Waals surface area contributed by atoms with Gasteiger partial charge in [-0.2, -0.15) is 26.3 Å². The maximum absolute atomic E-state index is 13.6. The first-order chi connectivity index (χ1) is 24.3. The van der Waals surface area contributed by atoms with Crippen molar-refractivity contribution < 1.29 is 64.8 Å².